The molecule has 0 amide bonds. The van der Waals surface area contributed by atoms with E-state index >= 15 is 0 Å². The standard InChI is InChI=1S/C15H13ClN2O2/c1-19-12-5-3-10(9-17)14(8-12)18-11-4-6-15(20-2)13(16)7-11/h3-8,18H,1-2H3. The lowest BCUT2D eigenvalue weighted by Crippen LogP contribution is -1.95. The number of nitrogens with zero attached hydrogens (tertiary/aromatic N) is 1. The van der Waals surface area contributed by atoms with Crippen LogP contribution in [0.3, 0.4) is 0 Å². The Morgan fingerprint density at radius 3 is 2.50 bits per heavy atom. The van der Waals surface area contributed by atoms with E-state index in [-0.39, 0.29) is 0 Å². The van der Waals surface area contributed by atoms with Crippen molar-refractivity contribution in [2.24, 2.45) is 0 Å². The first-order chi connectivity index (χ1) is 9.67. The van der Waals surface area contributed by atoms with Gasteiger partial charge in [-0.05, 0) is 30.3 Å². The van der Waals surface area contributed by atoms with Crippen LogP contribution < -0.4 is 14.8 Å². The van der Waals surface area contributed by atoms with Gasteiger partial charge in [0.05, 0.1) is 30.5 Å². The molecule has 0 atom stereocenters. The van der Waals surface area contributed by atoms with Crippen molar-refractivity contribution in [1.29, 1.82) is 5.26 Å². The predicted molar refractivity (Wildman–Crippen MR) is 79.0 cm³/mol. The number of nitrogens with one attached hydrogen (secondary N) is 1. The van der Waals surface area contributed by atoms with Gasteiger partial charge in [-0.15, -0.1) is 0 Å². The Labute approximate surface area is 122 Å². The molecule has 20 heavy (non-hydrogen) atoms. The summed E-state index contributed by atoms with van der Waals surface area (Å²) in [7, 11) is 3.14. The second-order valence-corrected chi connectivity index (χ2v) is 4.40. The zero-order chi connectivity index (χ0) is 14.5. The number of anilines is 2. The first-order valence-corrected chi connectivity index (χ1v) is 6.24. The molecule has 102 valence electrons. The third kappa shape index (κ3) is 2.95. The van der Waals surface area contributed by atoms with Gasteiger partial charge in [0.25, 0.3) is 0 Å². The van der Waals surface area contributed by atoms with Crippen molar-refractivity contribution in [1.82, 2.24) is 0 Å². The lowest BCUT2D eigenvalue weighted by Gasteiger charge is -2.11. The van der Waals surface area contributed by atoms with Crippen LogP contribution in [0.15, 0.2) is 36.4 Å². The minimum atomic E-state index is 0.499. The molecule has 2 aromatic rings. The highest BCUT2D eigenvalue weighted by molar-refractivity contribution is 6.32. The topological polar surface area (TPSA) is 54.3 Å². The van der Waals surface area contributed by atoms with Crippen molar-refractivity contribution in [2.45, 2.75) is 0 Å². The highest BCUT2D eigenvalue weighted by Crippen LogP contribution is 2.30. The minimum Gasteiger partial charge on any atom is -0.497 e. The monoisotopic (exact) mass is 288 g/mol. The minimum absolute atomic E-state index is 0.499. The van der Waals surface area contributed by atoms with Crippen LogP contribution in [0, 0.1) is 11.3 Å². The Balaban J connectivity index is 2.34. The molecule has 0 spiro atoms. The van der Waals surface area contributed by atoms with Crippen LogP contribution in [-0.2, 0) is 0 Å². The van der Waals surface area contributed by atoms with E-state index in [1.54, 1.807) is 44.6 Å². The molecule has 0 fully saturated rings. The Morgan fingerprint density at radius 1 is 1.10 bits per heavy atom. The molecule has 0 radical (unpaired) electrons. The molecule has 1 N–H and O–H groups in total. The number of nitriles is 1. The Morgan fingerprint density at radius 2 is 1.90 bits per heavy atom. The van der Waals surface area contributed by atoms with Gasteiger partial charge < -0.3 is 14.8 Å². The first-order valence-electron chi connectivity index (χ1n) is 5.86. The summed E-state index contributed by atoms with van der Waals surface area (Å²) in [6, 6.07) is 12.7. The molecular formula is C15H13ClN2O2. The summed E-state index contributed by atoms with van der Waals surface area (Å²) in [5.41, 5.74) is 1.95. The number of rotatable bonds is 4. The second-order valence-electron chi connectivity index (χ2n) is 4.00. The molecule has 0 heterocycles. The maximum absolute atomic E-state index is 9.12. The number of methoxy groups -OCH3 is 2. The van der Waals surface area contributed by atoms with Gasteiger partial charge in [-0.2, -0.15) is 5.26 Å². The predicted octanol–water partition coefficient (Wildman–Crippen LogP) is 3.97. The van der Waals surface area contributed by atoms with Crippen LogP contribution in [0.4, 0.5) is 11.4 Å². The average Bonchev–Trinajstić information content (AvgIpc) is 2.47. The van der Waals surface area contributed by atoms with Crippen LogP contribution in [0.25, 0.3) is 0 Å². The maximum atomic E-state index is 9.12. The van der Waals surface area contributed by atoms with Crippen LogP contribution in [0.5, 0.6) is 11.5 Å². The van der Waals surface area contributed by atoms with E-state index in [9.17, 15) is 0 Å². The fraction of sp³-hybridized carbons (Fsp3) is 0.133. The van der Waals surface area contributed by atoms with Crippen molar-refractivity contribution in [3.8, 4) is 17.6 Å². The molecule has 0 saturated heterocycles. The SMILES string of the molecule is COc1ccc(C#N)c(Nc2ccc(OC)c(Cl)c2)c1. The van der Waals surface area contributed by atoms with Crippen LogP contribution in [-0.4, -0.2) is 14.2 Å². The third-order valence-corrected chi connectivity index (χ3v) is 3.07. The number of benzene rings is 2. The van der Waals surface area contributed by atoms with Crippen LogP contribution in [0.2, 0.25) is 5.02 Å². The van der Waals surface area contributed by atoms with E-state index in [1.165, 1.54) is 0 Å². The highest BCUT2D eigenvalue weighted by Gasteiger charge is 2.06. The third-order valence-electron chi connectivity index (χ3n) is 2.78. The molecule has 5 heteroatoms. The zero-order valence-corrected chi connectivity index (χ0v) is 11.9. The fourth-order valence-electron chi connectivity index (χ4n) is 1.75. The number of hydrogen-bond donors (Lipinski definition) is 1. The van der Waals surface area contributed by atoms with E-state index in [2.05, 4.69) is 11.4 Å². The van der Waals surface area contributed by atoms with Crippen molar-refractivity contribution in [2.75, 3.05) is 19.5 Å². The van der Waals surface area contributed by atoms with Crippen molar-refractivity contribution in [3.05, 3.63) is 47.0 Å². The summed E-state index contributed by atoms with van der Waals surface area (Å²) in [4.78, 5) is 0. The summed E-state index contributed by atoms with van der Waals surface area (Å²) >= 11 is 6.07. The van der Waals surface area contributed by atoms with E-state index in [0.717, 1.165) is 5.69 Å². The molecular weight excluding hydrogens is 276 g/mol. The molecule has 0 aromatic heterocycles. The van der Waals surface area contributed by atoms with Gasteiger partial charge in [0.15, 0.2) is 0 Å². The first kappa shape index (κ1) is 14.0. The summed E-state index contributed by atoms with van der Waals surface area (Å²) in [5.74, 6) is 1.27. The maximum Gasteiger partial charge on any atom is 0.137 e. The molecule has 0 aliphatic rings. The largest absolute Gasteiger partial charge is 0.497 e. The smallest absolute Gasteiger partial charge is 0.137 e. The summed E-state index contributed by atoms with van der Waals surface area (Å²) in [6.07, 6.45) is 0. The van der Waals surface area contributed by atoms with E-state index in [0.29, 0.717) is 27.8 Å². The number of ether oxygens (including phenoxy) is 2. The number of halogens is 1. The van der Waals surface area contributed by atoms with Crippen molar-refractivity contribution >= 4 is 23.0 Å². The molecule has 0 saturated carbocycles. The second kappa shape index (κ2) is 6.18. The van der Waals surface area contributed by atoms with Gasteiger partial charge in [0.1, 0.15) is 17.6 Å². The Hall–Kier alpha value is -2.38. The van der Waals surface area contributed by atoms with E-state index in [1.807, 2.05) is 6.07 Å². The summed E-state index contributed by atoms with van der Waals surface area (Å²) in [5, 5.41) is 12.8. The quantitative estimate of drug-likeness (QED) is 0.925. The van der Waals surface area contributed by atoms with Crippen LogP contribution >= 0.6 is 11.6 Å². The Kier molecular flexibility index (Phi) is 4.34. The molecule has 4 nitrogen and oxygen atoms in total. The fourth-order valence-corrected chi connectivity index (χ4v) is 2.01. The number of hydrogen-bond acceptors (Lipinski definition) is 4. The normalized spacial score (nSPS) is 9.70. The van der Waals surface area contributed by atoms with Gasteiger partial charge in [-0.3, -0.25) is 0 Å². The molecule has 0 bridgehead atoms. The van der Waals surface area contributed by atoms with Gasteiger partial charge in [-0.25, -0.2) is 0 Å². The van der Waals surface area contributed by atoms with Gasteiger partial charge in [-0.1, -0.05) is 11.6 Å². The average molecular weight is 289 g/mol. The molecule has 0 unspecified atom stereocenters. The van der Waals surface area contributed by atoms with Crippen molar-refractivity contribution < 1.29 is 9.47 Å². The lowest BCUT2D eigenvalue weighted by atomic mass is 10.1. The zero-order valence-electron chi connectivity index (χ0n) is 11.1. The van der Waals surface area contributed by atoms with E-state index in [4.69, 9.17) is 26.3 Å². The Bertz CT molecular complexity index is 665. The molecule has 2 rings (SSSR count). The van der Waals surface area contributed by atoms with E-state index < -0.39 is 0 Å². The highest BCUT2D eigenvalue weighted by atomic mass is 35.5. The lowest BCUT2D eigenvalue weighted by molar-refractivity contribution is 0.415. The van der Waals surface area contributed by atoms with Crippen LogP contribution in [0.1, 0.15) is 5.56 Å². The van der Waals surface area contributed by atoms with Gasteiger partial charge >= 0.3 is 0 Å². The molecule has 0 aliphatic carbocycles. The molecule has 0 aliphatic heterocycles. The molecule has 2 aromatic carbocycles. The van der Waals surface area contributed by atoms with Gasteiger partial charge in [0.2, 0.25) is 0 Å². The summed E-state index contributed by atoms with van der Waals surface area (Å²) < 4.78 is 10.3. The summed E-state index contributed by atoms with van der Waals surface area (Å²) in [6.45, 7) is 0. The van der Waals surface area contributed by atoms with Crippen molar-refractivity contribution in [3.63, 3.8) is 0 Å². The van der Waals surface area contributed by atoms with Gasteiger partial charge in [0, 0.05) is 11.8 Å².